The second-order valence-electron chi connectivity index (χ2n) is 6.38. The van der Waals surface area contributed by atoms with Crippen LogP contribution in [0.4, 0.5) is 5.69 Å². The summed E-state index contributed by atoms with van der Waals surface area (Å²) in [6.45, 7) is 3.60. The molecule has 1 fully saturated rings. The number of sulfonamides is 1. The van der Waals surface area contributed by atoms with Crippen molar-refractivity contribution in [2.24, 2.45) is 10.7 Å². The number of thiophene rings is 1. The lowest BCUT2D eigenvalue weighted by Gasteiger charge is -2.25. The van der Waals surface area contributed by atoms with E-state index in [2.05, 4.69) is 10.3 Å². The van der Waals surface area contributed by atoms with Crippen molar-refractivity contribution in [3.05, 3.63) is 46.8 Å². The summed E-state index contributed by atoms with van der Waals surface area (Å²) in [6.07, 6.45) is 2.97. The van der Waals surface area contributed by atoms with Crippen molar-refractivity contribution in [3.8, 4) is 0 Å². The van der Waals surface area contributed by atoms with Crippen LogP contribution in [0.5, 0.6) is 0 Å². The minimum atomic E-state index is -3.38. The number of halogens is 1. The molecule has 9 heteroatoms. The molecule has 0 amide bonds. The van der Waals surface area contributed by atoms with Crippen LogP contribution in [0.1, 0.15) is 29.7 Å². The van der Waals surface area contributed by atoms with Gasteiger partial charge in [0.15, 0.2) is 5.96 Å². The number of benzene rings is 1. The van der Waals surface area contributed by atoms with E-state index in [0.29, 0.717) is 29.8 Å². The fourth-order valence-corrected chi connectivity index (χ4v) is 5.75. The maximum atomic E-state index is 12.7. The Balaban J connectivity index is 0.00000261. The van der Waals surface area contributed by atoms with Gasteiger partial charge in [0, 0.05) is 23.7 Å². The number of nitrogens with zero attached hydrogens (tertiary/aromatic N) is 2. The zero-order valence-corrected chi connectivity index (χ0v) is 19.2. The third-order valence-corrected chi connectivity index (χ3v) is 7.71. The number of piperidine rings is 1. The molecule has 1 aromatic carbocycles. The van der Waals surface area contributed by atoms with Crippen LogP contribution in [-0.4, -0.2) is 31.8 Å². The molecule has 0 bridgehead atoms. The van der Waals surface area contributed by atoms with Gasteiger partial charge < -0.3 is 11.1 Å². The average molecular weight is 520 g/mol. The molecule has 0 radical (unpaired) electrons. The van der Waals surface area contributed by atoms with Gasteiger partial charge in [0.05, 0.1) is 6.54 Å². The van der Waals surface area contributed by atoms with Gasteiger partial charge in [-0.3, -0.25) is 0 Å². The number of nitrogens with two attached hydrogens (primary N) is 1. The molecule has 1 saturated heterocycles. The van der Waals surface area contributed by atoms with Gasteiger partial charge in [-0.05, 0) is 44.0 Å². The summed E-state index contributed by atoms with van der Waals surface area (Å²) in [7, 11) is -3.38. The first kappa shape index (κ1) is 22.1. The van der Waals surface area contributed by atoms with Crippen LogP contribution < -0.4 is 11.1 Å². The Hall–Kier alpha value is -1.17. The van der Waals surface area contributed by atoms with Gasteiger partial charge in [-0.25, -0.2) is 13.4 Å². The lowest BCUT2D eigenvalue weighted by Crippen LogP contribution is -2.35. The van der Waals surface area contributed by atoms with Crippen LogP contribution in [0.3, 0.4) is 0 Å². The van der Waals surface area contributed by atoms with Crippen LogP contribution in [0.15, 0.2) is 45.6 Å². The fraction of sp³-hybridized carbons (Fsp3) is 0.389. The molecule has 2 heterocycles. The average Bonchev–Trinajstić information content (AvgIpc) is 3.13. The van der Waals surface area contributed by atoms with Gasteiger partial charge in [0.25, 0.3) is 10.0 Å². The molecule has 0 atom stereocenters. The number of nitrogens with one attached hydrogen (secondary N) is 1. The van der Waals surface area contributed by atoms with Gasteiger partial charge in [-0.15, -0.1) is 35.3 Å². The third-order valence-electron chi connectivity index (χ3n) is 4.28. The molecule has 0 unspecified atom stereocenters. The fourth-order valence-electron chi connectivity index (χ4n) is 2.80. The van der Waals surface area contributed by atoms with Gasteiger partial charge in [-0.2, -0.15) is 4.31 Å². The van der Waals surface area contributed by atoms with Crippen LogP contribution >= 0.6 is 35.3 Å². The van der Waals surface area contributed by atoms with Gasteiger partial charge in [-0.1, -0.05) is 24.1 Å². The summed E-state index contributed by atoms with van der Waals surface area (Å²) < 4.78 is 27.3. The van der Waals surface area contributed by atoms with Crippen molar-refractivity contribution in [2.75, 3.05) is 18.4 Å². The van der Waals surface area contributed by atoms with Crippen molar-refractivity contribution in [1.82, 2.24) is 4.31 Å². The first-order chi connectivity index (χ1) is 12.4. The minimum Gasteiger partial charge on any atom is -0.370 e. The maximum Gasteiger partial charge on any atom is 0.252 e. The van der Waals surface area contributed by atoms with Crippen LogP contribution in [0, 0.1) is 6.92 Å². The smallest absolute Gasteiger partial charge is 0.252 e. The number of hydrogen-bond acceptors (Lipinski definition) is 4. The molecule has 2 aromatic rings. The highest BCUT2D eigenvalue weighted by atomic mass is 127. The lowest BCUT2D eigenvalue weighted by molar-refractivity contribution is 0.347. The Labute approximate surface area is 181 Å². The molecule has 6 nitrogen and oxygen atoms in total. The Bertz CT molecular complexity index is 873. The van der Waals surface area contributed by atoms with E-state index in [1.807, 2.05) is 37.3 Å². The van der Waals surface area contributed by atoms with Crippen molar-refractivity contribution < 1.29 is 8.42 Å². The number of aryl methyl sites for hydroxylation is 1. The Morgan fingerprint density at radius 3 is 2.48 bits per heavy atom. The summed E-state index contributed by atoms with van der Waals surface area (Å²) in [4.78, 5) is 5.17. The molecule has 0 spiro atoms. The standard InChI is InChI=1S/C18H24N4O2S2.HI/c1-14-5-7-15(8-6-14)21-18(19)20-13-16-9-10-17(25-16)26(23,24)22-11-3-2-4-12-22;/h5-10H,2-4,11-13H2,1H3,(H3,19,20,21);1H. The second-order valence-corrected chi connectivity index (χ2v) is 9.71. The Morgan fingerprint density at radius 1 is 1.15 bits per heavy atom. The van der Waals surface area contributed by atoms with Crippen LogP contribution in [-0.2, 0) is 16.6 Å². The van der Waals surface area contributed by atoms with Crippen molar-refractivity contribution in [1.29, 1.82) is 0 Å². The molecule has 1 aromatic heterocycles. The molecule has 148 valence electrons. The molecule has 1 aliphatic heterocycles. The van der Waals surface area contributed by atoms with Gasteiger partial charge in [0.2, 0.25) is 0 Å². The lowest BCUT2D eigenvalue weighted by atomic mass is 10.2. The topological polar surface area (TPSA) is 87.8 Å². The normalized spacial score (nSPS) is 16.0. The van der Waals surface area contributed by atoms with Gasteiger partial charge in [0.1, 0.15) is 4.21 Å². The third kappa shape index (κ3) is 5.90. The highest BCUT2D eigenvalue weighted by Gasteiger charge is 2.27. The molecular formula is C18H25IN4O2S2. The number of rotatable bonds is 5. The molecule has 3 N–H and O–H groups in total. The maximum absolute atomic E-state index is 12.7. The van der Waals surface area contributed by atoms with E-state index in [1.54, 1.807) is 10.4 Å². The summed E-state index contributed by atoms with van der Waals surface area (Å²) in [5, 5.41) is 3.03. The molecule has 1 aliphatic rings. The summed E-state index contributed by atoms with van der Waals surface area (Å²) in [6, 6.07) is 11.3. The zero-order valence-electron chi connectivity index (χ0n) is 15.2. The summed E-state index contributed by atoms with van der Waals surface area (Å²) in [5.74, 6) is 0.308. The Morgan fingerprint density at radius 2 is 1.81 bits per heavy atom. The van der Waals surface area contributed by atoms with E-state index < -0.39 is 10.0 Å². The largest absolute Gasteiger partial charge is 0.370 e. The highest BCUT2D eigenvalue weighted by molar-refractivity contribution is 14.0. The number of anilines is 1. The molecule has 3 rings (SSSR count). The molecule has 0 saturated carbocycles. The summed E-state index contributed by atoms with van der Waals surface area (Å²) in [5.41, 5.74) is 7.96. The number of guanidine groups is 1. The van der Waals surface area contributed by atoms with Crippen molar-refractivity contribution in [2.45, 2.75) is 36.9 Å². The molecule has 27 heavy (non-hydrogen) atoms. The van der Waals surface area contributed by atoms with Crippen LogP contribution in [0.2, 0.25) is 0 Å². The van der Waals surface area contributed by atoms with E-state index in [1.165, 1.54) is 16.9 Å². The predicted octanol–water partition coefficient (Wildman–Crippen LogP) is 3.78. The van der Waals surface area contributed by atoms with E-state index in [-0.39, 0.29) is 24.0 Å². The monoisotopic (exact) mass is 520 g/mol. The van der Waals surface area contributed by atoms with E-state index >= 15 is 0 Å². The highest BCUT2D eigenvalue weighted by Crippen LogP contribution is 2.27. The van der Waals surface area contributed by atoms with Crippen molar-refractivity contribution in [3.63, 3.8) is 0 Å². The van der Waals surface area contributed by atoms with E-state index in [9.17, 15) is 8.42 Å². The first-order valence-corrected chi connectivity index (χ1v) is 10.9. The Kier molecular flexibility index (Phi) is 8.07. The van der Waals surface area contributed by atoms with Crippen LogP contribution in [0.25, 0.3) is 0 Å². The second kappa shape index (κ2) is 9.85. The predicted molar refractivity (Wildman–Crippen MR) is 122 cm³/mol. The molecule has 0 aliphatic carbocycles. The van der Waals surface area contributed by atoms with Crippen molar-refractivity contribution >= 4 is 57.0 Å². The quantitative estimate of drug-likeness (QED) is 0.357. The summed E-state index contributed by atoms with van der Waals surface area (Å²) >= 11 is 1.26. The first-order valence-electron chi connectivity index (χ1n) is 8.67. The number of aliphatic imine (C=N–C) groups is 1. The molecular weight excluding hydrogens is 495 g/mol. The van der Waals surface area contributed by atoms with E-state index in [0.717, 1.165) is 29.8 Å². The van der Waals surface area contributed by atoms with Gasteiger partial charge >= 0.3 is 0 Å². The number of hydrogen-bond donors (Lipinski definition) is 2. The SMILES string of the molecule is Cc1ccc(NC(N)=NCc2ccc(S(=O)(=O)N3CCCCC3)s2)cc1.I. The van der Waals surface area contributed by atoms with E-state index in [4.69, 9.17) is 5.73 Å². The minimum absolute atomic E-state index is 0. The zero-order chi connectivity index (χ0) is 18.6.